The van der Waals surface area contributed by atoms with Gasteiger partial charge < -0.3 is 24.8 Å². The van der Waals surface area contributed by atoms with E-state index < -0.39 is 12.0 Å². The Morgan fingerprint density at radius 1 is 1.24 bits per heavy atom. The molecule has 2 aliphatic rings. The number of rotatable bonds is 5. The van der Waals surface area contributed by atoms with Gasteiger partial charge in [-0.25, -0.2) is 19.7 Å². The van der Waals surface area contributed by atoms with E-state index in [0.717, 1.165) is 33.5 Å². The van der Waals surface area contributed by atoms with Crippen molar-refractivity contribution in [3.05, 3.63) is 65.2 Å². The summed E-state index contributed by atoms with van der Waals surface area (Å²) in [6.45, 7) is 0.906. The monoisotopic (exact) mass is 500 g/mol. The Morgan fingerprint density at radius 2 is 2.11 bits per heavy atom. The first-order valence-electron chi connectivity index (χ1n) is 11.9. The van der Waals surface area contributed by atoms with Gasteiger partial charge in [0.15, 0.2) is 0 Å². The van der Waals surface area contributed by atoms with Crippen molar-refractivity contribution in [1.82, 2.24) is 24.4 Å². The molecule has 1 atom stereocenters. The Morgan fingerprint density at radius 3 is 2.86 bits per heavy atom. The molecular formula is C26H24N6O5. The summed E-state index contributed by atoms with van der Waals surface area (Å²) in [6, 6.07) is 7.40. The van der Waals surface area contributed by atoms with Gasteiger partial charge in [0.2, 0.25) is 0 Å². The van der Waals surface area contributed by atoms with Crippen molar-refractivity contribution in [2.75, 3.05) is 18.5 Å². The minimum atomic E-state index is -1.33. The molecule has 11 heteroatoms. The number of imide groups is 1. The molecule has 6 heterocycles. The molecule has 0 aliphatic carbocycles. The lowest BCUT2D eigenvalue weighted by atomic mass is 9.97. The minimum Gasteiger partial charge on any atom is -0.465 e. The first-order valence-corrected chi connectivity index (χ1v) is 11.9. The van der Waals surface area contributed by atoms with E-state index in [-0.39, 0.29) is 24.6 Å². The number of aliphatic hydroxyl groups is 1. The molecule has 0 aromatic carbocycles. The Bertz CT molecular complexity index is 1560. The summed E-state index contributed by atoms with van der Waals surface area (Å²) < 4.78 is 7.36. The number of pyridine rings is 3. The molecule has 0 saturated carbocycles. The zero-order chi connectivity index (χ0) is 25.7. The molecule has 3 N–H and O–H groups in total. The molecular weight excluding hydrogens is 476 g/mol. The minimum absolute atomic E-state index is 0.117. The van der Waals surface area contributed by atoms with Crippen molar-refractivity contribution in [2.24, 2.45) is 7.05 Å². The number of ether oxygens (including phenoxy) is 1. The average molecular weight is 501 g/mol. The maximum absolute atomic E-state index is 13.2. The number of aromatic nitrogens is 4. The summed E-state index contributed by atoms with van der Waals surface area (Å²) in [6.07, 6.45) is 4.61. The fourth-order valence-corrected chi connectivity index (χ4v) is 5.17. The molecule has 4 aromatic rings. The molecule has 4 aromatic heterocycles. The van der Waals surface area contributed by atoms with Crippen molar-refractivity contribution in [1.29, 1.82) is 0 Å². The van der Waals surface area contributed by atoms with Crippen molar-refractivity contribution in [2.45, 2.75) is 25.5 Å². The lowest BCUT2D eigenvalue weighted by molar-refractivity contribution is 0.0764. The summed E-state index contributed by atoms with van der Waals surface area (Å²) in [5, 5.41) is 23.6. The van der Waals surface area contributed by atoms with Gasteiger partial charge in [0.1, 0.15) is 11.5 Å². The molecule has 0 radical (unpaired) electrons. The summed E-state index contributed by atoms with van der Waals surface area (Å²) in [7, 11) is 1.89. The second-order valence-corrected chi connectivity index (χ2v) is 9.15. The van der Waals surface area contributed by atoms with E-state index in [1.54, 1.807) is 12.3 Å². The van der Waals surface area contributed by atoms with Crippen LogP contribution in [0.3, 0.4) is 0 Å². The van der Waals surface area contributed by atoms with Gasteiger partial charge in [-0.15, -0.1) is 0 Å². The smallest absolute Gasteiger partial charge is 0.414 e. The normalized spacial score (nSPS) is 17.0. The quantitative estimate of drug-likeness (QED) is 0.376. The van der Waals surface area contributed by atoms with E-state index in [2.05, 4.69) is 20.3 Å². The number of hydrogen-bond donors (Lipinski definition) is 3. The molecule has 2 amide bonds. The summed E-state index contributed by atoms with van der Waals surface area (Å²) in [4.78, 5) is 39.5. The fraction of sp³-hybridized carbons (Fsp3) is 0.269. The van der Waals surface area contributed by atoms with Gasteiger partial charge in [-0.3, -0.25) is 9.78 Å². The van der Waals surface area contributed by atoms with E-state index in [1.165, 1.54) is 6.20 Å². The average Bonchev–Trinajstić information content (AvgIpc) is 3.64. The highest BCUT2D eigenvalue weighted by Crippen LogP contribution is 2.39. The summed E-state index contributed by atoms with van der Waals surface area (Å²) in [5.41, 5.74) is 4.59. The molecule has 1 fully saturated rings. The van der Waals surface area contributed by atoms with Crippen LogP contribution in [0.15, 0.2) is 42.9 Å². The maximum Gasteiger partial charge on any atom is 0.414 e. The fourth-order valence-electron chi connectivity index (χ4n) is 5.17. The number of aryl methyl sites for hydroxylation is 1. The number of aliphatic hydroxyl groups excluding tert-OH is 1. The molecule has 11 nitrogen and oxygen atoms in total. The van der Waals surface area contributed by atoms with Gasteiger partial charge in [-0.05, 0) is 30.2 Å². The first kappa shape index (κ1) is 23.1. The number of nitrogens with one attached hydrogen (secondary N) is 1. The lowest BCUT2D eigenvalue weighted by Crippen LogP contribution is -2.29. The second-order valence-electron chi connectivity index (χ2n) is 9.15. The van der Waals surface area contributed by atoms with Crippen LogP contribution in [-0.2, 0) is 24.9 Å². The number of carboxylic acid groups (broad SMARTS) is 1. The Kier molecular flexibility index (Phi) is 5.58. The summed E-state index contributed by atoms with van der Waals surface area (Å²) in [5.74, 6) is -0.0386. The molecule has 1 saturated heterocycles. The van der Waals surface area contributed by atoms with Crippen LogP contribution in [0.5, 0.6) is 0 Å². The topological polar surface area (TPSA) is 143 Å². The molecule has 0 spiro atoms. The van der Waals surface area contributed by atoms with Crippen LogP contribution in [-0.4, -0.2) is 59.8 Å². The van der Waals surface area contributed by atoms with Crippen LogP contribution in [0.2, 0.25) is 0 Å². The third kappa shape index (κ3) is 3.79. The number of carbonyl (C=O) groups is 2. The zero-order valence-electron chi connectivity index (χ0n) is 20.0. The van der Waals surface area contributed by atoms with Crippen LogP contribution in [0.4, 0.5) is 16.3 Å². The Labute approximate surface area is 211 Å². The SMILES string of the molecule is Cn1ccc2c(-c3ncc(Nc4ccc([C@@H]5CCOC5)c(CO)n4)c4c3CN(C(=O)O)C4=O)ccnc21. The lowest BCUT2D eigenvalue weighted by Gasteiger charge is -2.16. The zero-order valence-corrected chi connectivity index (χ0v) is 20.0. The van der Waals surface area contributed by atoms with Crippen molar-refractivity contribution >= 4 is 34.5 Å². The predicted octanol–water partition coefficient (Wildman–Crippen LogP) is 3.40. The van der Waals surface area contributed by atoms with Crippen LogP contribution in [0.25, 0.3) is 22.3 Å². The number of hydrogen-bond acceptors (Lipinski definition) is 8. The highest BCUT2D eigenvalue weighted by atomic mass is 16.5. The van der Waals surface area contributed by atoms with E-state index in [4.69, 9.17) is 4.74 Å². The van der Waals surface area contributed by atoms with Crippen molar-refractivity contribution < 1.29 is 24.5 Å². The van der Waals surface area contributed by atoms with E-state index in [9.17, 15) is 19.8 Å². The third-order valence-corrected chi connectivity index (χ3v) is 7.00. The molecule has 188 valence electrons. The molecule has 0 unspecified atom stereocenters. The largest absolute Gasteiger partial charge is 0.465 e. The number of anilines is 2. The first-order chi connectivity index (χ1) is 18.0. The van der Waals surface area contributed by atoms with Crippen molar-refractivity contribution in [3.63, 3.8) is 0 Å². The highest BCUT2D eigenvalue weighted by Gasteiger charge is 2.37. The molecule has 0 bridgehead atoms. The van der Waals surface area contributed by atoms with E-state index in [0.29, 0.717) is 41.7 Å². The van der Waals surface area contributed by atoms with Gasteiger partial charge in [0.05, 0.1) is 48.6 Å². The van der Waals surface area contributed by atoms with Crippen LogP contribution >= 0.6 is 0 Å². The predicted molar refractivity (Wildman–Crippen MR) is 133 cm³/mol. The second kappa shape index (κ2) is 8.95. The number of nitrogens with zero attached hydrogens (tertiary/aromatic N) is 5. The van der Waals surface area contributed by atoms with Crippen LogP contribution in [0.1, 0.15) is 39.5 Å². The summed E-state index contributed by atoms with van der Waals surface area (Å²) >= 11 is 0. The van der Waals surface area contributed by atoms with E-state index >= 15 is 0 Å². The molecule has 37 heavy (non-hydrogen) atoms. The third-order valence-electron chi connectivity index (χ3n) is 7.00. The highest BCUT2D eigenvalue weighted by molar-refractivity contribution is 6.11. The Balaban J connectivity index is 1.44. The van der Waals surface area contributed by atoms with Gasteiger partial charge in [-0.2, -0.15) is 0 Å². The van der Waals surface area contributed by atoms with Gasteiger partial charge in [0, 0.05) is 48.5 Å². The number of carbonyl (C=O) groups excluding carboxylic acids is 1. The molecule has 2 aliphatic heterocycles. The maximum atomic E-state index is 13.2. The van der Waals surface area contributed by atoms with Gasteiger partial charge in [0.25, 0.3) is 5.91 Å². The van der Waals surface area contributed by atoms with E-state index in [1.807, 2.05) is 36.0 Å². The standard InChI is InChI=1S/C26H24N6O5/c1-31-8-5-17-16(4-7-27-24(17)31)23-18-11-32(26(35)36)25(34)22(18)19(10-28-23)29-21-3-2-15(20(12-33)30-21)14-6-9-37-13-14/h2-5,7-8,10,14,33H,6,9,11-13H2,1H3,(H,29,30)(H,35,36)/t14-/m1/s1. The van der Waals surface area contributed by atoms with Crippen LogP contribution in [0, 0.1) is 0 Å². The van der Waals surface area contributed by atoms with Gasteiger partial charge >= 0.3 is 6.09 Å². The number of fused-ring (bicyclic) bond motifs is 2. The molecule has 6 rings (SSSR count). The number of amides is 2. The van der Waals surface area contributed by atoms with Crippen LogP contribution < -0.4 is 5.32 Å². The van der Waals surface area contributed by atoms with Crippen molar-refractivity contribution in [3.8, 4) is 11.3 Å². The van der Waals surface area contributed by atoms with Gasteiger partial charge in [-0.1, -0.05) is 6.07 Å². The Hall–Kier alpha value is -4.35.